The van der Waals surface area contributed by atoms with Crippen molar-refractivity contribution >= 4 is 49.6 Å². The molecule has 2 nitrogen and oxygen atoms in total. The first kappa shape index (κ1) is 38.9. The number of fused-ring (bicyclic) bond motifs is 4. The van der Waals surface area contributed by atoms with Gasteiger partial charge in [0.15, 0.2) is 0 Å². The highest BCUT2D eigenvalue weighted by molar-refractivity contribution is 6.12. The minimum Gasteiger partial charge on any atom is -0.310 e. The van der Waals surface area contributed by atoms with E-state index in [1.807, 2.05) is 0 Å². The van der Waals surface area contributed by atoms with Crippen molar-refractivity contribution in [3.63, 3.8) is 0 Å². The molecular weight excluding hydrogens is 797 g/mol. The lowest BCUT2D eigenvalue weighted by Gasteiger charge is -2.29. The SMILES string of the molecule is c1ccc(-c2ccc(-c3ccc(N(c4ccc5c(c4)c4ccccc4n5-c4ccccc4)c4ccccc4-c4cccc5cccc(-c6ccccc6)c45)cc3)cc2-c2ccccc2)cc1. The molecule has 1 heterocycles. The summed E-state index contributed by atoms with van der Waals surface area (Å²) in [4.78, 5) is 2.45. The van der Waals surface area contributed by atoms with Gasteiger partial charge in [-0.2, -0.15) is 0 Å². The Bertz CT molecular complexity index is 3660. The Morgan fingerprint density at radius 3 is 1.52 bits per heavy atom. The van der Waals surface area contributed by atoms with Crippen molar-refractivity contribution in [1.29, 1.82) is 0 Å². The molecule has 0 amide bonds. The summed E-state index contributed by atoms with van der Waals surface area (Å²) in [6.07, 6.45) is 0. The second-order valence-electron chi connectivity index (χ2n) is 16.9. The Hall–Kier alpha value is -8.72. The number of aromatic nitrogens is 1. The van der Waals surface area contributed by atoms with Crippen LogP contribution in [0.2, 0.25) is 0 Å². The number of rotatable bonds is 9. The fourth-order valence-electron chi connectivity index (χ4n) is 9.96. The predicted molar refractivity (Wildman–Crippen MR) is 280 cm³/mol. The number of benzene rings is 11. The number of nitrogens with zero attached hydrogens (tertiary/aromatic N) is 2. The first-order chi connectivity index (χ1) is 32.8. The maximum atomic E-state index is 2.45. The summed E-state index contributed by atoms with van der Waals surface area (Å²) >= 11 is 0. The van der Waals surface area contributed by atoms with Crippen LogP contribution in [0.4, 0.5) is 17.1 Å². The molecule has 11 aromatic carbocycles. The molecular formula is C64H44N2. The average molecular weight is 841 g/mol. The molecule has 0 saturated carbocycles. The number of para-hydroxylation sites is 3. The highest BCUT2D eigenvalue weighted by Gasteiger charge is 2.22. The number of hydrogen-bond donors (Lipinski definition) is 0. The molecule has 66 heavy (non-hydrogen) atoms. The molecule has 1 aromatic heterocycles. The second-order valence-corrected chi connectivity index (χ2v) is 16.9. The van der Waals surface area contributed by atoms with Crippen LogP contribution in [0.5, 0.6) is 0 Å². The van der Waals surface area contributed by atoms with E-state index in [1.54, 1.807) is 0 Å². The first-order valence-corrected chi connectivity index (χ1v) is 22.7. The Balaban J connectivity index is 1.05. The van der Waals surface area contributed by atoms with Gasteiger partial charge < -0.3 is 9.47 Å². The van der Waals surface area contributed by atoms with E-state index in [0.717, 1.165) is 33.9 Å². The van der Waals surface area contributed by atoms with Gasteiger partial charge in [-0.15, -0.1) is 0 Å². The third kappa shape index (κ3) is 6.93. The van der Waals surface area contributed by atoms with Gasteiger partial charge in [-0.3, -0.25) is 0 Å². The molecule has 0 radical (unpaired) electrons. The summed E-state index contributed by atoms with van der Waals surface area (Å²) in [7, 11) is 0. The van der Waals surface area contributed by atoms with E-state index in [4.69, 9.17) is 0 Å². The highest BCUT2D eigenvalue weighted by Crippen LogP contribution is 2.46. The van der Waals surface area contributed by atoms with Crippen LogP contribution in [0.3, 0.4) is 0 Å². The van der Waals surface area contributed by atoms with E-state index in [9.17, 15) is 0 Å². The van der Waals surface area contributed by atoms with Gasteiger partial charge >= 0.3 is 0 Å². The van der Waals surface area contributed by atoms with Crippen LogP contribution in [0.1, 0.15) is 0 Å². The molecule has 310 valence electrons. The average Bonchev–Trinajstić information content (AvgIpc) is 3.73. The monoisotopic (exact) mass is 840 g/mol. The van der Waals surface area contributed by atoms with Crippen molar-refractivity contribution in [2.45, 2.75) is 0 Å². The molecule has 0 unspecified atom stereocenters. The van der Waals surface area contributed by atoms with Gasteiger partial charge in [0.2, 0.25) is 0 Å². The third-order valence-corrected chi connectivity index (χ3v) is 13.0. The second kappa shape index (κ2) is 16.8. The Morgan fingerprint density at radius 2 is 0.803 bits per heavy atom. The van der Waals surface area contributed by atoms with Crippen LogP contribution in [0.15, 0.2) is 267 Å². The van der Waals surface area contributed by atoms with Crippen molar-refractivity contribution in [1.82, 2.24) is 4.57 Å². The standard InChI is InChI=1S/C64H44N2/c1-5-19-46(20-6-1)54-41-37-50(43-59(54)48-23-9-3-10-24-48)45-35-38-52(39-36-45)65(53-40-42-63-60(44-53)57-30-14-16-34-62(57)66(63)51-27-11-4-12-28-51)61-33-15-13-29-56(61)58-32-18-26-49-25-17-31-55(64(49)58)47-21-7-2-8-22-47/h1-44H. The molecule has 2 heteroatoms. The van der Waals surface area contributed by atoms with Gasteiger partial charge in [-0.1, -0.05) is 206 Å². The van der Waals surface area contributed by atoms with Crippen LogP contribution in [0.25, 0.3) is 93.9 Å². The van der Waals surface area contributed by atoms with Gasteiger partial charge in [0.05, 0.1) is 16.7 Å². The van der Waals surface area contributed by atoms with Gasteiger partial charge in [-0.05, 0) is 122 Å². The first-order valence-electron chi connectivity index (χ1n) is 22.7. The van der Waals surface area contributed by atoms with Crippen LogP contribution in [-0.4, -0.2) is 4.57 Å². The number of hydrogen-bond acceptors (Lipinski definition) is 1. The minimum absolute atomic E-state index is 1.07. The zero-order valence-corrected chi connectivity index (χ0v) is 36.3. The molecule has 0 saturated heterocycles. The maximum Gasteiger partial charge on any atom is 0.0542 e. The molecule has 0 bridgehead atoms. The van der Waals surface area contributed by atoms with Crippen molar-refractivity contribution in [3.05, 3.63) is 267 Å². The third-order valence-electron chi connectivity index (χ3n) is 13.0. The maximum absolute atomic E-state index is 2.45. The van der Waals surface area contributed by atoms with Crippen LogP contribution < -0.4 is 4.90 Å². The van der Waals surface area contributed by atoms with E-state index in [2.05, 4.69) is 276 Å². The summed E-state index contributed by atoms with van der Waals surface area (Å²) < 4.78 is 2.38. The minimum atomic E-state index is 1.07. The van der Waals surface area contributed by atoms with Gasteiger partial charge in [0, 0.05) is 33.4 Å². The molecule has 0 fully saturated rings. The van der Waals surface area contributed by atoms with E-state index in [0.29, 0.717) is 0 Å². The Morgan fingerprint density at radius 1 is 0.273 bits per heavy atom. The van der Waals surface area contributed by atoms with Crippen molar-refractivity contribution < 1.29 is 0 Å². The fraction of sp³-hybridized carbons (Fsp3) is 0. The summed E-state index contributed by atoms with van der Waals surface area (Å²) in [6, 6.07) is 96.9. The Labute approximate surface area is 385 Å². The summed E-state index contributed by atoms with van der Waals surface area (Å²) in [5.74, 6) is 0. The van der Waals surface area contributed by atoms with Crippen LogP contribution in [0, 0.1) is 0 Å². The molecule has 0 spiro atoms. The molecule has 0 aliphatic heterocycles. The molecule has 0 atom stereocenters. The Kier molecular flexibility index (Phi) is 9.89. The van der Waals surface area contributed by atoms with Crippen LogP contribution >= 0.6 is 0 Å². The largest absolute Gasteiger partial charge is 0.310 e. The molecule has 0 aliphatic rings. The van der Waals surface area contributed by atoms with E-state index >= 15 is 0 Å². The number of anilines is 3. The highest BCUT2D eigenvalue weighted by atomic mass is 15.1. The molecule has 12 aromatic rings. The lowest BCUT2D eigenvalue weighted by Crippen LogP contribution is -2.11. The molecule has 12 rings (SSSR count). The lowest BCUT2D eigenvalue weighted by molar-refractivity contribution is 1.18. The molecule has 0 aliphatic carbocycles. The van der Waals surface area contributed by atoms with Crippen molar-refractivity contribution in [2.75, 3.05) is 4.90 Å². The van der Waals surface area contributed by atoms with Crippen LogP contribution in [-0.2, 0) is 0 Å². The van der Waals surface area contributed by atoms with Gasteiger partial charge in [0.1, 0.15) is 0 Å². The zero-order valence-electron chi connectivity index (χ0n) is 36.3. The predicted octanol–water partition coefficient (Wildman–Crippen LogP) is 17.7. The van der Waals surface area contributed by atoms with E-state index in [1.165, 1.54) is 77.1 Å². The van der Waals surface area contributed by atoms with E-state index < -0.39 is 0 Å². The fourth-order valence-corrected chi connectivity index (χ4v) is 9.96. The molecule has 0 N–H and O–H groups in total. The normalized spacial score (nSPS) is 11.3. The summed E-state index contributed by atoms with van der Waals surface area (Å²) in [6.45, 7) is 0. The summed E-state index contributed by atoms with van der Waals surface area (Å²) in [5, 5.41) is 4.87. The summed E-state index contributed by atoms with van der Waals surface area (Å²) in [5.41, 5.74) is 18.7. The lowest BCUT2D eigenvalue weighted by atomic mass is 9.90. The van der Waals surface area contributed by atoms with Crippen molar-refractivity contribution in [2.24, 2.45) is 0 Å². The van der Waals surface area contributed by atoms with E-state index in [-0.39, 0.29) is 0 Å². The smallest absolute Gasteiger partial charge is 0.0542 e. The van der Waals surface area contributed by atoms with Crippen molar-refractivity contribution in [3.8, 4) is 61.3 Å². The topological polar surface area (TPSA) is 8.17 Å². The quantitative estimate of drug-likeness (QED) is 0.141. The van der Waals surface area contributed by atoms with Gasteiger partial charge in [0.25, 0.3) is 0 Å². The van der Waals surface area contributed by atoms with Gasteiger partial charge in [-0.25, -0.2) is 0 Å². The zero-order chi connectivity index (χ0) is 43.8.